The van der Waals surface area contributed by atoms with E-state index in [1.165, 1.54) is 6.07 Å². The summed E-state index contributed by atoms with van der Waals surface area (Å²) < 4.78 is 0. The Bertz CT molecular complexity index is 296. The molecule has 58 valence electrons. The van der Waals surface area contributed by atoms with Crippen LogP contribution in [0.5, 0.6) is 0 Å². The standard InChI is InChI=1S/C7H8N2O2/c8-5-3-1-2-4(6(5)9)7(10)11/h1-3H,8-9H2,(H,10,11). The number of carboxylic acid groups (broad SMARTS) is 1. The van der Waals surface area contributed by atoms with Crippen molar-refractivity contribution in [1.82, 2.24) is 0 Å². The molecule has 0 heterocycles. The lowest BCUT2D eigenvalue weighted by Gasteiger charge is -2.01. The summed E-state index contributed by atoms with van der Waals surface area (Å²) in [6.45, 7) is 0. The first-order valence-electron chi connectivity index (χ1n) is 3.00. The van der Waals surface area contributed by atoms with Gasteiger partial charge in [-0.2, -0.15) is 0 Å². The fraction of sp³-hybridized carbons (Fsp3) is 0. The highest BCUT2D eigenvalue weighted by Gasteiger charge is 2.07. The molecule has 0 aromatic heterocycles. The van der Waals surface area contributed by atoms with Crippen LogP contribution in [0.3, 0.4) is 0 Å². The average Bonchev–Trinajstić information content (AvgIpc) is 1.94. The van der Waals surface area contributed by atoms with E-state index in [0.717, 1.165) is 0 Å². The molecule has 0 fully saturated rings. The van der Waals surface area contributed by atoms with Gasteiger partial charge in [0.15, 0.2) is 0 Å². The van der Waals surface area contributed by atoms with Crippen molar-refractivity contribution in [3.63, 3.8) is 0 Å². The number of anilines is 2. The third-order valence-corrected chi connectivity index (χ3v) is 1.37. The van der Waals surface area contributed by atoms with E-state index in [4.69, 9.17) is 16.6 Å². The highest BCUT2D eigenvalue weighted by atomic mass is 16.4. The highest BCUT2D eigenvalue weighted by Crippen LogP contribution is 2.18. The van der Waals surface area contributed by atoms with E-state index in [1.54, 1.807) is 12.1 Å². The monoisotopic (exact) mass is 152 g/mol. The molecule has 0 aliphatic rings. The Morgan fingerprint density at radius 2 is 2.00 bits per heavy atom. The van der Waals surface area contributed by atoms with Crippen molar-refractivity contribution in [3.8, 4) is 0 Å². The molecule has 4 nitrogen and oxygen atoms in total. The largest absolute Gasteiger partial charge is 0.478 e. The summed E-state index contributed by atoms with van der Waals surface area (Å²) in [7, 11) is 0. The number of carbonyl (C=O) groups is 1. The fourth-order valence-electron chi connectivity index (χ4n) is 0.770. The quantitative estimate of drug-likeness (QED) is 0.512. The van der Waals surface area contributed by atoms with Gasteiger partial charge >= 0.3 is 5.97 Å². The van der Waals surface area contributed by atoms with Crippen molar-refractivity contribution in [1.29, 1.82) is 0 Å². The second-order valence-corrected chi connectivity index (χ2v) is 2.11. The van der Waals surface area contributed by atoms with E-state index in [0.29, 0.717) is 5.69 Å². The predicted molar refractivity (Wildman–Crippen MR) is 42.2 cm³/mol. The Kier molecular flexibility index (Phi) is 1.68. The molecule has 1 rings (SSSR count). The molecule has 1 aromatic rings. The topological polar surface area (TPSA) is 89.3 Å². The van der Waals surface area contributed by atoms with E-state index >= 15 is 0 Å². The molecule has 11 heavy (non-hydrogen) atoms. The van der Waals surface area contributed by atoms with Crippen molar-refractivity contribution >= 4 is 17.3 Å². The van der Waals surface area contributed by atoms with Crippen LogP contribution < -0.4 is 11.5 Å². The molecule has 1 aromatic carbocycles. The first-order chi connectivity index (χ1) is 5.13. The maximum absolute atomic E-state index is 10.4. The minimum absolute atomic E-state index is 0.0463. The van der Waals surface area contributed by atoms with Gasteiger partial charge in [-0.1, -0.05) is 6.07 Å². The highest BCUT2D eigenvalue weighted by molar-refractivity contribution is 5.96. The summed E-state index contributed by atoms with van der Waals surface area (Å²) in [5.74, 6) is -1.06. The van der Waals surface area contributed by atoms with Crippen LogP contribution in [0.4, 0.5) is 11.4 Å². The van der Waals surface area contributed by atoms with Crippen LogP contribution in [-0.2, 0) is 0 Å². The molecule has 4 heteroatoms. The zero-order chi connectivity index (χ0) is 8.43. The molecule has 0 amide bonds. The third-order valence-electron chi connectivity index (χ3n) is 1.37. The van der Waals surface area contributed by atoms with Gasteiger partial charge in [0, 0.05) is 0 Å². The van der Waals surface area contributed by atoms with Gasteiger partial charge < -0.3 is 16.6 Å². The lowest BCUT2D eigenvalue weighted by molar-refractivity contribution is 0.0698. The van der Waals surface area contributed by atoms with Crippen molar-refractivity contribution in [3.05, 3.63) is 23.8 Å². The molecule has 0 bridgehead atoms. The van der Waals surface area contributed by atoms with E-state index in [9.17, 15) is 4.79 Å². The normalized spacial score (nSPS) is 9.45. The molecule has 0 aliphatic carbocycles. The number of benzene rings is 1. The summed E-state index contributed by atoms with van der Waals surface area (Å²) in [5.41, 5.74) is 11.2. The summed E-state index contributed by atoms with van der Waals surface area (Å²) >= 11 is 0. The van der Waals surface area contributed by atoms with Crippen molar-refractivity contribution in [2.24, 2.45) is 0 Å². The summed E-state index contributed by atoms with van der Waals surface area (Å²) in [6, 6.07) is 4.52. The molecule has 0 unspecified atom stereocenters. The van der Waals surface area contributed by atoms with E-state index < -0.39 is 5.97 Å². The first-order valence-corrected chi connectivity index (χ1v) is 3.00. The van der Waals surface area contributed by atoms with Crippen molar-refractivity contribution in [2.45, 2.75) is 0 Å². The molecule has 0 saturated carbocycles. The molecular formula is C7H8N2O2. The number of nitrogen functional groups attached to an aromatic ring is 2. The van der Waals surface area contributed by atoms with Gasteiger partial charge in [0.25, 0.3) is 0 Å². The third kappa shape index (κ3) is 1.24. The lowest BCUT2D eigenvalue weighted by Crippen LogP contribution is -2.04. The number of aromatic carboxylic acids is 1. The van der Waals surface area contributed by atoms with E-state index in [-0.39, 0.29) is 11.3 Å². The van der Waals surface area contributed by atoms with Crippen LogP contribution in [0.15, 0.2) is 18.2 Å². The first kappa shape index (κ1) is 7.40. The van der Waals surface area contributed by atoms with Gasteiger partial charge in [-0.3, -0.25) is 0 Å². The van der Waals surface area contributed by atoms with Crippen molar-refractivity contribution in [2.75, 3.05) is 11.5 Å². The Labute approximate surface area is 63.4 Å². The smallest absolute Gasteiger partial charge is 0.337 e. The Morgan fingerprint density at radius 3 is 2.45 bits per heavy atom. The summed E-state index contributed by atoms with van der Waals surface area (Å²) in [5, 5.41) is 8.55. The zero-order valence-electron chi connectivity index (χ0n) is 5.74. The number of hydrogen-bond acceptors (Lipinski definition) is 3. The SMILES string of the molecule is Nc1cccc(C(=O)O)c1N. The van der Waals surface area contributed by atoms with Crippen LogP contribution >= 0.6 is 0 Å². The molecule has 0 saturated heterocycles. The molecule has 5 N–H and O–H groups in total. The van der Waals surface area contributed by atoms with Gasteiger partial charge in [-0.15, -0.1) is 0 Å². The van der Waals surface area contributed by atoms with Gasteiger partial charge in [0.1, 0.15) is 0 Å². The lowest BCUT2D eigenvalue weighted by atomic mass is 10.1. The maximum atomic E-state index is 10.4. The predicted octanol–water partition coefficient (Wildman–Crippen LogP) is 0.549. The number of hydrogen-bond donors (Lipinski definition) is 3. The number of para-hydroxylation sites is 1. The number of carboxylic acids is 1. The minimum Gasteiger partial charge on any atom is -0.478 e. The Hall–Kier alpha value is -1.71. The van der Waals surface area contributed by atoms with Crippen LogP contribution in [-0.4, -0.2) is 11.1 Å². The summed E-state index contributed by atoms with van der Waals surface area (Å²) in [6.07, 6.45) is 0. The van der Waals surface area contributed by atoms with Crippen molar-refractivity contribution < 1.29 is 9.90 Å². The molecule has 0 radical (unpaired) electrons. The fourth-order valence-corrected chi connectivity index (χ4v) is 0.770. The minimum atomic E-state index is -1.06. The number of rotatable bonds is 1. The summed E-state index contributed by atoms with van der Waals surface area (Å²) in [4.78, 5) is 10.4. The van der Waals surface area contributed by atoms with Gasteiger partial charge in [-0.05, 0) is 12.1 Å². The Morgan fingerprint density at radius 1 is 1.36 bits per heavy atom. The van der Waals surface area contributed by atoms with E-state index in [2.05, 4.69) is 0 Å². The van der Waals surface area contributed by atoms with Crippen LogP contribution in [0, 0.1) is 0 Å². The molecule has 0 atom stereocenters. The Balaban J connectivity index is 3.27. The zero-order valence-corrected chi connectivity index (χ0v) is 5.74. The van der Waals surface area contributed by atoms with Gasteiger partial charge in [0.2, 0.25) is 0 Å². The molecule has 0 aliphatic heterocycles. The number of nitrogens with two attached hydrogens (primary N) is 2. The van der Waals surface area contributed by atoms with Gasteiger partial charge in [-0.25, -0.2) is 4.79 Å². The average molecular weight is 152 g/mol. The van der Waals surface area contributed by atoms with Crippen LogP contribution in [0.25, 0.3) is 0 Å². The van der Waals surface area contributed by atoms with Crippen LogP contribution in [0.1, 0.15) is 10.4 Å². The van der Waals surface area contributed by atoms with Gasteiger partial charge in [0.05, 0.1) is 16.9 Å². The maximum Gasteiger partial charge on any atom is 0.337 e. The van der Waals surface area contributed by atoms with Crippen LogP contribution in [0.2, 0.25) is 0 Å². The molecular weight excluding hydrogens is 144 g/mol. The van der Waals surface area contributed by atoms with E-state index in [1.807, 2.05) is 0 Å². The second kappa shape index (κ2) is 2.49. The molecule has 0 spiro atoms. The second-order valence-electron chi connectivity index (χ2n) is 2.11.